The first kappa shape index (κ1) is 9.80. The SMILES string of the molecule is CC(O)(O)C(O)NCCO. The first-order valence-electron chi connectivity index (χ1n) is 2.95. The third-order valence-corrected chi connectivity index (χ3v) is 0.967. The topological polar surface area (TPSA) is 93.0 Å². The standard InChI is InChI=1S/C5H13NO4/c1-5(9,10)4(8)6-2-3-7/h4,6-10H,2-3H2,1H3. The van der Waals surface area contributed by atoms with Crippen LogP contribution in [0.15, 0.2) is 0 Å². The maximum Gasteiger partial charge on any atom is 0.200 e. The molecule has 0 saturated heterocycles. The minimum atomic E-state index is -2.16. The van der Waals surface area contributed by atoms with Gasteiger partial charge in [0, 0.05) is 6.54 Å². The van der Waals surface area contributed by atoms with Gasteiger partial charge >= 0.3 is 0 Å². The van der Waals surface area contributed by atoms with E-state index in [-0.39, 0.29) is 13.2 Å². The summed E-state index contributed by atoms with van der Waals surface area (Å²) in [5.41, 5.74) is 0. The molecule has 0 aromatic heterocycles. The molecule has 0 heterocycles. The van der Waals surface area contributed by atoms with Gasteiger partial charge in [-0.15, -0.1) is 0 Å². The minimum Gasteiger partial charge on any atom is -0.395 e. The van der Waals surface area contributed by atoms with Gasteiger partial charge in [-0.25, -0.2) is 0 Å². The number of nitrogens with one attached hydrogen (secondary N) is 1. The average molecular weight is 151 g/mol. The van der Waals surface area contributed by atoms with Gasteiger partial charge in [-0.3, -0.25) is 5.32 Å². The Morgan fingerprint density at radius 3 is 2.30 bits per heavy atom. The first-order chi connectivity index (χ1) is 4.48. The number of aliphatic hydroxyl groups excluding tert-OH is 2. The Balaban J connectivity index is 3.52. The van der Waals surface area contributed by atoms with E-state index in [1.54, 1.807) is 0 Å². The van der Waals surface area contributed by atoms with Crippen molar-refractivity contribution in [2.45, 2.75) is 18.9 Å². The predicted molar refractivity (Wildman–Crippen MR) is 33.9 cm³/mol. The molecule has 5 N–H and O–H groups in total. The maximum absolute atomic E-state index is 8.79. The molecule has 0 bridgehead atoms. The van der Waals surface area contributed by atoms with Crippen molar-refractivity contribution in [3.63, 3.8) is 0 Å². The third kappa shape index (κ3) is 3.76. The zero-order valence-corrected chi connectivity index (χ0v) is 5.78. The van der Waals surface area contributed by atoms with Crippen LogP contribution in [0.25, 0.3) is 0 Å². The van der Waals surface area contributed by atoms with Crippen molar-refractivity contribution in [3.05, 3.63) is 0 Å². The van der Waals surface area contributed by atoms with Crippen molar-refractivity contribution in [2.24, 2.45) is 0 Å². The normalized spacial score (nSPS) is 15.3. The second kappa shape index (κ2) is 3.85. The lowest BCUT2D eigenvalue weighted by molar-refractivity contribution is -0.220. The molecule has 0 aromatic carbocycles. The van der Waals surface area contributed by atoms with Gasteiger partial charge in [0.1, 0.15) is 0 Å². The monoisotopic (exact) mass is 151 g/mol. The molecule has 5 nitrogen and oxygen atoms in total. The van der Waals surface area contributed by atoms with E-state index in [9.17, 15) is 0 Å². The molecule has 1 unspecified atom stereocenters. The van der Waals surface area contributed by atoms with E-state index >= 15 is 0 Å². The van der Waals surface area contributed by atoms with E-state index in [2.05, 4.69) is 5.32 Å². The Morgan fingerprint density at radius 2 is 2.00 bits per heavy atom. The van der Waals surface area contributed by atoms with Crippen molar-refractivity contribution in [1.82, 2.24) is 5.32 Å². The lowest BCUT2D eigenvalue weighted by atomic mass is 10.3. The zero-order valence-electron chi connectivity index (χ0n) is 5.78. The third-order valence-electron chi connectivity index (χ3n) is 0.967. The fraction of sp³-hybridized carbons (Fsp3) is 1.00. The highest BCUT2D eigenvalue weighted by Crippen LogP contribution is 2.00. The van der Waals surface area contributed by atoms with Crippen LogP contribution in [0.2, 0.25) is 0 Å². The van der Waals surface area contributed by atoms with E-state index in [0.717, 1.165) is 6.92 Å². The van der Waals surface area contributed by atoms with Gasteiger partial charge < -0.3 is 20.4 Å². The molecule has 0 saturated carbocycles. The number of hydrogen-bond acceptors (Lipinski definition) is 5. The molecule has 5 heteroatoms. The van der Waals surface area contributed by atoms with Crippen LogP contribution in [0.4, 0.5) is 0 Å². The van der Waals surface area contributed by atoms with Crippen LogP contribution in [0, 0.1) is 0 Å². The van der Waals surface area contributed by atoms with Gasteiger partial charge in [0.2, 0.25) is 5.79 Å². The van der Waals surface area contributed by atoms with Crippen LogP contribution in [0.1, 0.15) is 6.92 Å². The summed E-state index contributed by atoms with van der Waals surface area (Å²) in [4.78, 5) is 0. The molecule has 0 spiro atoms. The lowest BCUT2D eigenvalue weighted by Crippen LogP contribution is -2.49. The van der Waals surface area contributed by atoms with Crippen LogP contribution in [-0.4, -0.2) is 45.6 Å². The highest BCUT2D eigenvalue weighted by Gasteiger charge is 2.25. The molecule has 0 rings (SSSR count). The van der Waals surface area contributed by atoms with Gasteiger partial charge in [-0.05, 0) is 6.92 Å². The Morgan fingerprint density at radius 1 is 1.50 bits per heavy atom. The van der Waals surface area contributed by atoms with Gasteiger partial charge in [-0.2, -0.15) is 0 Å². The van der Waals surface area contributed by atoms with E-state index in [0.29, 0.717) is 0 Å². The molecule has 1 atom stereocenters. The van der Waals surface area contributed by atoms with Gasteiger partial charge in [-0.1, -0.05) is 0 Å². The van der Waals surface area contributed by atoms with Crippen LogP contribution in [0.3, 0.4) is 0 Å². The van der Waals surface area contributed by atoms with E-state index < -0.39 is 12.0 Å². The summed E-state index contributed by atoms with van der Waals surface area (Å²) in [6.07, 6.45) is -1.43. The summed E-state index contributed by atoms with van der Waals surface area (Å²) in [5.74, 6) is -2.16. The highest BCUT2D eigenvalue weighted by molar-refractivity contribution is 4.66. The van der Waals surface area contributed by atoms with Gasteiger partial charge in [0.25, 0.3) is 0 Å². The fourth-order valence-electron chi connectivity index (χ4n) is 0.395. The summed E-state index contributed by atoms with van der Waals surface area (Å²) < 4.78 is 0. The van der Waals surface area contributed by atoms with Crippen LogP contribution < -0.4 is 5.32 Å². The van der Waals surface area contributed by atoms with Crippen molar-refractivity contribution in [3.8, 4) is 0 Å². The van der Waals surface area contributed by atoms with Crippen LogP contribution in [-0.2, 0) is 0 Å². The molecular formula is C5H13NO4. The second-order valence-corrected chi connectivity index (χ2v) is 2.17. The quantitative estimate of drug-likeness (QED) is 0.288. The lowest BCUT2D eigenvalue weighted by Gasteiger charge is -2.23. The predicted octanol–water partition coefficient (Wildman–Crippen LogP) is -2.41. The first-order valence-corrected chi connectivity index (χ1v) is 2.95. The Labute approximate surface area is 58.9 Å². The summed E-state index contributed by atoms with van der Waals surface area (Å²) in [5, 5.41) is 36.7. The van der Waals surface area contributed by atoms with E-state index in [4.69, 9.17) is 20.4 Å². The molecule has 62 valence electrons. The summed E-state index contributed by atoms with van der Waals surface area (Å²) in [7, 11) is 0. The summed E-state index contributed by atoms with van der Waals surface area (Å²) in [6.45, 7) is 1.01. The molecular weight excluding hydrogens is 138 g/mol. The number of hydrogen-bond donors (Lipinski definition) is 5. The maximum atomic E-state index is 8.79. The van der Waals surface area contributed by atoms with Gasteiger partial charge in [0.05, 0.1) is 6.61 Å². The average Bonchev–Trinajstić information content (AvgIpc) is 1.80. The Kier molecular flexibility index (Phi) is 3.77. The molecule has 0 radical (unpaired) electrons. The van der Waals surface area contributed by atoms with Gasteiger partial charge in [0.15, 0.2) is 6.23 Å². The molecule has 0 aliphatic rings. The van der Waals surface area contributed by atoms with Crippen LogP contribution in [0.5, 0.6) is 0 Å². The zero-order chi connectivity index (χ0) is 8.20. The molecule has 0 aliphatic carbocycles. The minimum absolute atomic E-state index is 0.123. The van der Waals surface area contributed by atoms with Crippen molar-refractivity contribution >= 4 is 0 Å². The number of rotatable bonds is 4. The highest BCUT2D eigenvalue weighted by atomic mass is 16.5. The fourth-order valence-corrected chi connectivity index (χ4v) is 0.395. The summed E-state index contributed by atoms with van der Waals surface area (Å²) in [6, 6.07) is 0. The summed E-state index contributed by atoms with van der Waals surface area (Å²) >= 11 is 0. The molecule has 0 amide bonds. The van der Waals surface area contributed by atoms with E-state index in [1.807, 2.05) is 0 Å². The smallest absolute Gasteiger partial charge is 0.200 e. The van der Waals surface area contributed by atoms with Crippen LogP contribution >= 0.6 is 0 Å². The van der Waals surface area contributed by atoms with Crippen molar-refractivity contribution in [2.75, 3.05) is 13.2 Å². The largest absolute Gasteiger partial charge is 0.395 e. The molecule has 0 aromatic rings. The molecule has 0 fully saturated rings. The second-order valence-electron chi connectivity index (χ2n) is 2.17. The Bertz CT molecular complexity index is 90.1. The van der Waals surface area contributed by atoms with Crippen molar-refractivity contribution in [1.29, 1.82) is 0 Å². The molecule has 10 heavy (non-hydrogen) atoms. The number of aliphatic hydroxyl groups is 4. The van der Waals surface area contributed by atoms with Crippen molar-refractivity contribution < 1.29 is 20.4 Å². The Hall–Kier alpha value is -0.200. The molecule has 0 aliphatic heterocycles. The van der Waals surface area contributed by atoms with E-state index in [1.165, 1.54) is 0 Å².